The highest BCUT2D eigenvalue weighted by atomic mass is 19.4. The molecule has 1 heterocycles. The number of carbonyl (C=O) groups excluding carboxylic acids is 1. The molecule has 1 aliphatic heterocycles. The minimum absolute atomic E-state index is 0.244. The van der Waals surface area contributed by atoms with Gasteiger partial charge in [-0.25, -0.2) is 0 Å². The van der Waals surface area contributed by atoms with Gasteiger partial charge in [0.25, 0.3) is 0 Å². The third kappa shape index (κ3) is 1.82. The van der Waals surface area contributed by atoms with Crippen molar-refractivity contribution in [3.63, 3.8) is 0 Å². The lowest BCUT2D eigenvalue weighted by atomic mass is 10.1. The Labute approximate surface area is 85.0 Å². The summed E-state index contributed by atoms with van der Waals surface area (Å²) < 4.78 is 41.6. The topological polar surface area (TPSA) is 38.3 Å². The summed E-state index contributed by atoms with van der Waals surface area (Å²) in [7, 11) is 0. The molecule has 1 N–H and O–H groups in total. The molecule has 2 rings (SSSR count). The van der Waals surface area contributed by atoms with E-state index in [4.69, 9.17) is 4.74 Å². The Bertz CT molecular complexity index is 267. The van der Waals surface area contributed by atoms with Crippen molar-refractivity contribution in [3.05, 3.63) is 0 Å². The van der Waals surface area contributed by atoms with Crippen LogP contribution in [0.15, 0.2) is 0 Å². The van der Waals surface area contributed by atoms with Crippen molar-refractivity contribution in [2.45, 2.75) is 31.6 Å². The lowest BCUT2D eigenvalue weighted by Gasteiger charge is -2.15. The second-order valence-electron chi connectivity index (χ2n) is 3.96. The summed E-state index contributed by atoms with van der Waals surface area (Å²) in [4.78, 5) is 11.2. The van der Waals surface area contributed by atoms with Gasteiger partial charge in [0.1, 0.15) is 6.04 Å². The molecule has 6 heteroatoms. The Morgan fingerprint density at radius 3 is 2.60 bits per heavy atom. The molecular weight excluding hydrogens is 211 g/mol. The molecule has 0 amide bonds. The SMILES string of the molecule is CCOC(=O)[C@@H]1C[C@@H]2[C@H](N1)[C@H]2C(F)(F)F. The third-order valence-corrected chi connectivity index (χ3v) is 3.02. The van der Waals surface area contributed by atoms with E-state index >= 15 is 0 Å². The van der Waals surface area contributed by atoms with Gasteiger partial charge in [-0.1, -0.05) is 0 Å². The lowest BCUT2D eigenvalue weighted by Crippen LogP contribution is -2.38. The van der Waals surface area contributed by atoms with Crippen LogP contribution in [0.2, 0.25) is 0 Å². The first-order chi connectivity index (χ1) is 6.95. The average molecular weight is 223 g/mol. The number of halogens is 3. The smallest absolute Gasteiger partial charge is 0.393 e. The number of rotatable bonds is 2. The monoisotopic (exact) mass is 223 g/mol. The normalized spacial score (nSPS) is 38.7. The number of esters is 1. The molecule has 4 atom stereocenters. The van der Waals surface area contributed by atoms with Crippen molar-refractivity contribution in [2.75, 3.05) is 6.61 Å². The van der Waals surface area contributed by atoms with E-state index in [9.17, 15) is 18.0 Å². The van der Waals surface area contributed by atoms with Crippen molar-refractivity contribution < 1.29 is 22.7 Å². The van der Waals surface area contributed by atoms with Crippen LogP contribution in [0.4, 0.5) is 13.2 Å². The van der Waals surface area contributed by atoms with Crippen LogP contribution in [-0.2, 0) is 9.53 Å². The molecule has 0 bridgehead atoms. The summed E-state index contributed by atoms with van der Waals surface area (Å²) in [5.74, 6) is -2.13. The van der Waals surface area contributed by atoms with Gasteiger partial charge in [0, 0.05) is 6.04 Å². The highest BCUT2D eigenvalue weighted by Gasteiger charge is 2.68. The number of ether oxygens (including phenoxy) is 1. The minimum Gasteiger partial charge on any atom is -0.465 e. The van der Waals surface area contributed by atoms with E-state index in [1.54, 1.807) is 6.92 Å². The number of fused-ring (bicyclic) bond motifs is 1. The maximum absolute atomic E-state index is 12.3. The van der Waals surface area contributed by atoms with Gasteiger partial charge in [0.2, 0.25) is 0 Å². The summed E-state index contributed by atoms with van der Waals surface area (Å²) in [5, 5.41) is 2.67. The van der Waals surface area contributed by atoms with Gasteiger partial charge < -0.3 is 10.1 Å². The van der Waals surface area contributed by atoms with Crippen molar-refractivity contribution >= 4 is 5.97 Å². The summed E-state index contributed by atoms with van der Waals surface area (Å²) in [6.45, 7) is 1.93. The number of carbonyl (C=O) groups is 1. The first-order valence-electron chi connectivity index (χ1n) is 4.94. The van der Waals surface area contributed by atoms with Crippen LogP contribution in [0.1, 0.15) is 13.3 Å². The molecule has 0 aromatic heterocycles. The highest BCUT2D eigenvalue weighted by Crippen LogP contribution is 2.55. The lowest BCUT2D eigenvalue weighted by molar-refractivity contribution is -0.158. The van der Waals surface area contributed by atoms with Crippen LogP contribution in [0.3, 0.4) is 0 Å². The molecule has 3 nitrogen and oxygen atoms in total. The molecule has 1 aliphatic carbocycles. The molecule has 0 aromatic rings. The molecule has 15 heavy (non-hydrogen) atoms. The molecule has 1 saturated carbocycles. The zero-order valence-corrected chi connectivity index (χ0v) is 8.17. The molecule has 0 spiro atoms. The predicted molar refractivity (Wildman–Crippen MR) is 45.0 cm³/mol. The van der Waals surface area contributed by atoms with Crippen molar-refractivity contribution in [3.8, 4) is 0 Å². The first kappa shape index (κ1) is 10.7. The summed E-state index contributed by atoms with van der Waals surface area (Å²) in [5.41, 5.74) is 0. The maximum Gasteiger partial charge on any atom is 0.393 e. The Morgan fingerprint density at radius 1 is 1.53 bits per heavy atom. The number of hydrogen-bond acceptors (Lipinski definition) is 3. The molecule has 0 radical (unpaired) electrons. The van der Waals surface area contributed by atoms with E-state index in [1.807, 2.05) is 0 Å². The van der Waals surface area contributed by atoms with E-state index < -0.39 is 36.1 Å². The van der Waals surface area contributed by atoms with Crippen LogP contribution >= 0.6 is 0 Å². The standard InChI is InChI=1S/C9H12F3NO2/c1-2-15-8(14)5-3-4-6(7(4)13-5)9(10,11)12/h4-7,13H,2-3H2,1H3/t4-,5-,6-,7-/m0/s1. The molecule has 0 unspecified atom stereocenters. The molecular formula is C9H12F3NO2. The largest absolute Gasteiger partial charge is 0.465 e. The number of nitrogens with one attached hydrogen (secondary N) is 1. The molecule has 2 fully saturated rings. The summed E-state index contributed by atoms with van der Waals surface area (Å²) in [6, 6.07) is -1.11. The van der Waals surface area contributed by atoms with Gasteiger partial charge in [-0.05, 0) is 19.3 Å². The minimum atomic E-state index is -4.14. The molecule has 1 saturated heterocycles. The second-order valence-corrected chi connectivity index (χ2v) is 3.96. The fourth-order valence-corrected chi connectivity index (χ4v) is 2.32. The van der Waals surface area contributed by atoms with Crippen LogP contribution in [0.5, 0.6) is 0 Å². The van der Waals surface area contributed by atoms with Crippen LogP contribution in [-0.4, -0.2) is 30.8 Å². The Morgan fingerprint density at radius 2 is 2.20 bits per heavy atom. The zero-order valence-electron chi connectivity index (χ0n) is 8.17. The summed E-state index contributed by atoms with van der Waals surface area (Å²) >= 11 is 0. The van der Waals surface area contributed by atoms with Crippen LogP contribution in [0.25, 0.3) is 0 Å². The van der Waals surface area contributed by atoms with Crippen LogP contribution < -0.4 is 5.32 Å². The predicted octanol–water partition coefficient (Wildman–Crippen LogP) is 1.09. The van der Waals surface area contributed by atoms with Gasteiger partial charge in [-0.15, -0.1) is 0 Å². The van der Waals surface area contributed by atoms with Gasteiger partial charge >= 0.3 is 12.1 Å². The van der Waals surface area contributed by atoms with Gasteiger partial charge in [-0.3, -0.25) is 4.79 Å². The van der Waals surface area contributed by atoms with Crippen molar-refractivity contribution in [1.82, 2.24) is 5.32 Å². The highest BCUT2D eigenvalue weighted by molar-refractivity contribution is 5.76. The van der Waals surface area contributed by atoms with Gasteiger partial charge in [0.15, 0.2) is 0 Å². The molecule has 2 aliphatic rings. The van der Waals surface area contributed by atoms with E-state index in [0.29, 0.717) is 0 Å². The van der Waals surface area contributed by atoms with E-state index in [1.165, 1.54) is 0 Å². The Hall–Kier alpha value is -0.780. The quantitative estimate of drug-likeness (QED) is 0.712. The Balaban J connectivity index is 1.85. The fourth-order valence-electron chi connectivity index (χ4n) is 2.32. The van der Waals surface area contributed by atoms with Gasteiger partial charge in [-0.2, -0.15) is 13.2 Å². The zero-order chi connectivity index (χ0) is 11.2. The van der Waals surface area contributed by atoms with Crippen LogP contribution in [0, 0.1) is 11.8 Å². The molecule has 0 aromatic carbocycles. The fraction of sp³-hybridized carbons (Fsp3) is 0.889. The number of hydrogen-bond donors (Lipinski definition) is 1. The summed E-state index contributed by atoms with van der Waals surface area (Å²) in [6.07, 6.45) is -3.89. The molecule has 86 valence electrons. The number of alkyl halides is 3. The third-order valence-electron chi connectivity index (χ3n) is 3.02. The number of piperidine rings is 1. The van der Waals surface area contributed by atoms with E-state index in [2.05, 4.69) is 5.32 Å². The van der Waals surface area contributed by atoms with Gasteiger partial charge in [0.05, 0.1) is 12.5 Å². The first-order valence-corrected chi connectivity index (χ1v) is 4.94. The van der Waals surface area contributed by atoms with Crippen molar-refractivity contribution in [1.29, 1.82) is 0 Å². The maximum atomic E-state index is 12.3. The average Bonchev–Trinajstić information content (AvgIpc) is 2.64. The van der Waals surface area contributed by atoms with E-state index in [0.717, 1.165) is 0 Å². The second kappa shape index (κ2) is 3.37. The Kier molecular flexibility index (Phi) is 2.41. The van der Waals surface area contributed by atoms with E-state index in [-0.39, 0.29) is 13.0 Å². The van der Waals surface area contributed by atoms with Crippen molar-refractivity contribution in [2.24, 2.45) is 11.8 Å².